The van der Waals surface area contributed by atoms with Crippen LogP contribution in [0.5, 0.6) is 0 Å². The van der Waals surface area contributed by atoms with E-state index in [2.05, 4.69) is 171 Å². The normalized spacial score (nSPS) is 11.8. The van der Waals surface area contributed by atoms with E-state index in [-0.39, 0.29) is 5.82 Å². The van der Waals surface area contributed by atoms with Gasteiger partial charge in [-0.15, -0.1) is 0 Å². The number of para-hydroxylation sites is 2. The monoisotopic (exact) mass is 706 g/mol. The van der Waals surface area contributed by atoms with Crippen LogP contribution in [0.2, 0.25) is 0 Å². The summed E-state index contributed by atoms with van der Waals surface area (Å²) < 4.78 is 19.5. The van der Waals surface area contributed by atoms with Crippen molar-refractivity contribution in [3.63, 3.8) is 0 Å². The van der Waals surface area contributed by atoms with E-state index in [9.17, 15) is 4.39 Å². The highest BCUT2D eigenvalue weighted by Gasteiger charge is 2.16. The lowest BCUT2D eigenvalue weighted by molar-refractivity contribution is 0.627. The quantitative estimate of drug-likeness (QED) is 0.172. The van der Waals surface area contributed by atoms with Gasteiger partial charge in [0.25, 0.3) is 0 Å². The van der Waals surface area contributed by atoms with Gasteiger partial charge in [0.05, 0.1) is 22.1 Å². The van der Waals surface area contributed by atoms with Crippen molar-refractivity contribution in [2.24, 2.45) is 0 Å². The molecule has 0 radical (unpaired) electrons. The lowest BCUT2D eigenvalue weighted by atomic mass is 9.97. The molecule has 2 nitrogen and oxygen atoms in total. The summed E-state index contributed by atoms with van der Waals surface area (Å²) in [4.78, 5) is 0. The Labute approximate surface area is 296 Å². The van der Waals surface area contributed by atoms with E-state index >= 15 is 0 Å². The molecule has 8 aromatic carbocycles. The molecule has 2 heterocycles. The molecule has 0 aliphatic carbocycles. The van der Waals surface area contributed by atoms with E-state index in [1.54, 1.807) is 0 Å². The van der Waals surface area contributed by atoms with Crippen LogP contribution in [0.1, 0.15) is 0 Å². The van der Waals surface area contributed by atoms with Crippen LogP contribution in [0.15, 0.2) is 174 Å². The Bertz CT molecular complexity index is 2950. The van der Waals surface area contributed by atoms with E-state index in [0.717, 1.165) is 59.9 Å². The summed E-state index contributed by atoms with van der Waals surface area (Å²) in [5.74, 6) is -0.239. The zero-order chi connectivity index (χ0) is 33.3. The van der Waals surface area contributed by atoms with Crippen LogP contribution in [-0.4, -0.2) is 9.13 Å². The first-order valence-corrected chi connectivity index (χ1v) is 17.5. The maximum absolute atomic E-state index is 13.8. The predicted molar refractivity (Wildman–Crippen MR) is 211 cm³/mol. The van der Waals surface area contributed by atoms with E-state index in [0.29, 0.717) is 0 Å². The first-order chi connectivity index (χ1) is 24.6. The fraction of sp³-hybridized carbons (Fsp3) is 0. The number of hydrogen-bond acceptors (Lipinski definition) is 0. The zero-order valence-corrected chi connectivity index (χ0v) is 28.4. The summed E-state index contributed by atoms with van der Waals surface area (Å²) >= 11 is 3.84. The van der Waals surface area contributed by atoms with Crippen LogP contribution in [0.25, 0.3) is 88.0 Å². The van der Waals surface area contributed by atoms with E-state index in [1.807, 2.05) is 12.1 Å². The van der Waals surface area contributed by atoms with E-state index in [4.69, 9.17) is 0 Å². The highest BCUT2D eigenvalue weighted by molar-refractivity contribution is 9.10. The number of fused-ring (bicyclic) bond motifs is 7. The Morgan fingerprint density at radius 1 is 0.360 bits per heavy atom. The molecular weight excluding hydrogens is 679 g/mol. The molecule has 10 aromatic rings. The zero-order valence-electron chi connectivity index (χ0n) is 26.8. The highest BCUT2D eigenvalue weighted by Crippen LogP contribution is 2.39. The third-order valence-electron chi connectivity index (χ3n) is 9.99. The number of hydrogen-bond donors (Lipinski definition) is 0. The third kappa shape index (κ3) is 4.60. The summed E-state index contributed by atoms with van der Waals surface area (Å²) in [5.41, 5.74) is 11.2. The fourth-order valence-electron chi connectivity index (χ4n) is 7.69. The minimum Gasteiger partial charge on any atom is -0.309 e. The molecule has 0 bridgehead atoms. The Morgan fingerprint density at radius 2 is 0.860 bits per heavy atom. The summed E-state index contributed by atoms with van der Waals surface area (Å²) in [6.45, 7) is 0. The van der Waals surface area contributed by atoms with Gasteiger partial charge in [-0.05, 0) is 124 Å². The Kier molecular flexibility index (Phi) is 6.55. The van der Waals surface area contributed by atoms with Gasteiger partial charge < -0.3 is 9.13 Å². The molecule has 0 unspecified atom stereocenters. The SMILES string of the molecule is Fc1ccc(-n2c3ccccc3c3cc(-c4cc(Br)cc(-c5ccc6c(c5)c5ccccc5n6-c5ccc6ccccc6c5)c4)ccc32)cc1. The van der Waals surface area contributed by atoms with Crippen molar-refractivity contribution >= 4 is 70.3 Å². The maximum Gasteiger partial charge on any atom is 0.123 e. The van der Waals surface area contributed by atoms with Crippen LogP contribution >= 0.6 is 15.9 Å². The summed E-state index contributed by atoms with van der Waals surface area (Å²) in [6.07, 6.45) is 0. The molecular formula is C46H28BrFN2. The average Bonchev–Trinajstić information content (AvgIpc) is 3.67. The fourth-order valence-corrected chi connectivity index (χ4v) is 8.18. The molecule has 2 aromatic heterocycles. The molecule has 0 spiro atoms. The van der Waals surface area contributed by atoms with Gasteiger partial charge in [-0.3, -0.25) is 0 Å². The van der Waals surface area contributed by atoms with Crippen LogP contribution < -0.4 is 0 Å². The van der Waals surface area contributed by atoms with Crippen molar-refractivity contribution in [3.8, 4) is 33.6 Å². The smallest absolute Gasteiger partial charge is 0.123 e. The standard InChI is InChI=1S/C46H28BrFN2/c47-35-24-33(31-14-21-45-41(27-31)39-9-3-5-11-43(39)49(45)37-19-16-36(48)17-20-37)23-34(25-35)32-15-22-46-42(28-32)40-10-4-6-12-44(40)50(46)38-18-13-29-7-1-2-8-30(29)26-38/h1-28H. The lowest BCUT2D eigenvalue weighted by Gasteiger charge is -2.11. The maximum atomic E-state index is 13.8. The number of nitrogens with zero attached hydrogens (tertiary/aromatic N) is 2. The molecule has 0 fully saturated rings. The molecule has 0 saturated heterocycles. The molecule has 10 rings (SSSR count). The van der Waals surface area contributed by atoms with Gasteiger partial charge in [0.1, 0.15) is 5.82 Å². The first-order valence-electron chi connectivity index (χ1n) is 16.7. The average molecular weight is 708 g/mol. The van der Waals surface area contributed by atoms with Gasteiger partial charge in [0, 0.05) is 37.4 Å². The highest BCUT2D eigenvalue weighted by atomic mass is 79.9. The summed E-state index contributed by atoms with van der Waals surface area (Å²) in [6, 6.07) is 59.2. The summed E-state index contributed by atoms with van der Waals surface area (Å²) in [5, 5.41) is 7.25. The van der Waals surface area contributed by atoms with Gasteiger partial charge in [0.15, 0.2) is 0 Å². The largest absolute Gasteiger partial charge is 0.309 e. The van der Waals surface area contributed by atoms with Crippen molar-refractivity contribution in [3.05, 3.63) is 180 Å². The molecule has 0 atom stereocenters. The molecule has 236 valence electrons. The van der Waals surface area contributed by atoms with Gasteiger partial charge in [-0.2, -0.15) is 0 Å². The second kappa shape index (κ2) is 11.3. The van der Waals surface area contributed by atoms with Crippen molar-refractivity contribution in [1.82, 2.24) is 9.13 Å². The van der Waals surface area contributed by atoms with Crippen molar-refractivity contribution < 1.29 is 4.39 Å². The van der Waals surface area contributed by atoms with Crippen molar-refractivity contribution in [1.29, 1.82) is 0 Å². The van der Waals surface area contributed by atoms with Crippen molar-refractivity contribution in [2.45, 2.75) is 0 Å². The molecule has 0 amide bonds. The van der Waals surface area contributed by atoms with Crippen LogP contribution in [0, 0.1) is 5.82 Å². The minimum absolute atomic E-state index is 0.239. The minimum atomic E-state index is -0.239. The number of halogens is 2. The van der Waals surface area contributed by atoms with Crippen LogP contribution in [-0.2, 0) is 0 Å². The first kappa shape index (κ1) is 29.0. The second-order valence-electron chi connectivity index (χ2n) is 12.9. The Morgan fingerprint density at radius 3 is 1.48 bits per heavy atom. The Hall–Kier alpha value is -5.97. The van der Waals surface area contributed by atoms with E-state index in [1.165, 1.54) is 44.7 Å². The molecule has 0 saturated carbocycles. The molecule has 0 aliphatic heterocycles. The molecule has 4 heteroatoms. The molecule has 0 N–H and O–H groups in total. The third-order valence-corrected chi connectivity index (χ3v) is 10.4. The number of rotatable bonds is 4. The van der Waals surface area contributed by atoms with Gasteiger partial charge >= 0.3 is 0 Å². The van der Waals surface area contributed by atoms with Gasteiger partial charge in [0.2, 0.25) is 0 Å². The van der Waals surface area contributed by atoms with Crippen molar-refractivity contribution in [2.75, 3.05) is 0 Å². The topological polar surface area (TPSA) is 9.86 Å². The van der Waals surface area contributed by atoms with Gasteiger partial charge in [-0.1, -0.05) is 94.8 Å². The van der Waals surface area contributed by atoms with E-state index < -0.39 is 0 Å². The number of benzene rings is 8. The second-order valence-corrected chi connectivity index (χ2v) is 13.8. The number of aromatic nitrogens is 2. The lowest BCUT2D eigenvalue weighted by Crippen LogP contribution is -1.94. The Balaban J connectivity index is 1.11. The van der Waals surface area contributed by atoms with Crippen LogP contribution in [0.4, 0.5) is 4.39 Å². The van der Waals surface area contributed by atoms with Gasteiger partial charge in [-0.25, -0.2) is 4.39 Å². The predicted octanol–water partition coefficient (Wildman–Crippen LogP) is 13.3. The van der Waals surface area contributed by atoms with Crippen LogP contribution in [0.3, 0.4) is 0 Å². The summed E-state index contributed by atoms with van der Waals surface area (Å²) in [7, 11) is 0. The molecule has 50 heavy (non-hydrogen) atoms. The molecule has 0 aliphatic rings.